The van der Waals surface area contributed by atoms with Gasteiger partial charge in [-0.2, -0.15) is 0 Å². The number of hydrogen-bond acceptors (Lipinski definition) is 5. The van der Waals surface area contributed by atoms with Crippen LogP contribution in [0, 0.1) is 0 Å². The highest BCUT2D eigenvalue weighted by atomic mass is 16.5. The van der Waals surface area contributed by atoms with Crippen molar-refractivity contribution in [3.63, 3.8) is 0 Å². The molecule has 7 nitrogen and oxygen atoms in total. The number of ether oxygens (including phenoxy) is 1. The Labute approximate surface area is 114 Å². The van der Waals surface area contributed by atoms with Crippen molar-refractivity contribution < 1.29 is 18.7 Å². The predicted molar refractivity (Wildman–Crippen MR) is 69.7 cm³/mol. The minimum absolute atomic E-state index is 0.0258. The molecule has 0 saturated heterocycles. The summed E-state index contributed by atoms with van der Waals surface area (Å²) >= 11 is 0. The molecule has 2 rings (SSSR count). The molecule has 1 aromatic carbocycles. The summed E-state index contributed by atoms with van der Waals surface area (Å²) in [6.07, 6.45) is 1.36. The number of benzene rings is 1. The second-order valence-electron chi connectivity index (χ2n) is 3.91. The van der Waals surface area contributed by atoms with Crippen molar-refractivity contribution in [2.24, 2.45) is 11.6 Å². The summed E-state index contributed by atoms with van der Waals surface area (Å²) in [5, 5.41) is 0. The zero-order chi connectivity index (χ0) is 14.5. The van der Waals surface area contributed by atoms with E-state index in [1.807, 2.05) is 5.43 Å². The SMILES string of the molecule is NNC(=O)c1ccoc1COc1cccc(C(N)=O)c1. The highest BCUT2D eigenvalue weighted by Crippen LogP contribution is 2.17. The summed E-state index contributed by atoms with van der Waals surface area (Å²) in [5.41, 5.74) is 7.82. The van der Waals surface area contributed by atoms with E-state index in [1.165, 1.54) is 18.4 Å². The van der Waals surface area contributed by atoms with Crippen LogP contribution in [0.4, 0.5) is 0 Å². The van der Waals surface area contributed by atoms with Gasteiger partial charge in [0.25, 0.3) is 5.91 Å². The van der Waals surface area contributed by atoms with Gasteiger partial charge in [-0.3, -0.25) is 15.0 Å². The third-order valence-electron chi connectivity index (χ3n) is 2.61. The molecular weight excluding hydrogens is 262 g/mol. The van der Waals surface area contributed by atoms with Gasteiger partial charge in [0, 0.05) is 5.56 Å². The average Bonchev–Trinajstić information content (AvgIpc) is 2.93. The van der Waals surface area contributed by atoms with Crippen molar-refractivity contribution in [2.45, 2.75) is 6.61 Å². The lowest BCUT2D eigenvalue weighted by atomic mass is 10.2. The largest absolute Gasteiger partial charge is 0.486 e. The number of hydrazine groups is 1. The molecule has 0 aliphatic carbocycles. The van der Waals surface area contributed by atoms with Gasteiger partial charge in [0.15, 0.2) is 5.76 Å². The first-order chi connectivity index (χ1) is 9.61. The number of carbonyl (C=O) groups excluding carboxylic acids is 2. The zero-order valence-corrected chi connectivity index (χ0v) is 10.5. The standard InChI is InChI=1S/C13H13N3O4/c14-12(17)8-2-1-3-9(6-8)20-7-11-10(4-5-19-11)13(18)16-15/h1-6H,7,15H2,(H2,14,17)(H,16,18). The maximum atomic E-state index is 11.4. The van der Waals surface area contributed by atoms with Crippen molar-refractivity contribution >= 4 is 11.8 Å². The van der Waals surface area contributed by atoms with Gasteiger partial charge in [-0.25, -0.2) is 5.84 Å². The van der Waals surface area contributed by atoms with E-state index in [0.29, 0.717) is 22.6 Å². The van der Waals surface area contributed by atoms with Gasteiger partial charge in [0.1, 0.15) is 12.4 Å². The molecule has 0 saturated carbocycles. The van der Waals surface area contributed by atoms with E-state index in [-0.39, 0.29) is 6.61 Å². The van der Waals surface area contributed by atoms with E-state index in [9.17, 15) is 9.59 Å². The van der Waals surface area contributed by atoms with Crippen LogP contribution in [-0.4, -0.2) is 11.8 Å². The summed E-state index contributed by atoms with van der Waals surface area (Å²) in [6, 6.07) is 7.88. The molecule has 1 aromatic heterocycles. The van der Waals surface area contributed by atoms with Crippen LogP contribution in [0.25, 0.3) is 0 Å². The van der Waals surface area contributed by atoms with Crippen molar-refractivity contribution in [1.29, 1.82) is 0 Å². The fourth-order valence-corrected chi connectivity index (χ4v) is 1.62. The highest BCUT2D eigenvalue weighted by Gasteiger charge is 2.14. The van der Waals surface area contributed by atoms with E-state index in [4.69, 9.17) is 20.7 Å². The molecule has 2 amide bonds. The Bertz CT molecular complexity index is 636. The summed E-state index contributed by atoms with van der Waals surface area (Å²) in [4.78, 5) is 22.5. The normalized spacial score (nSPS) is 10.1. The first-order valence-electron chi connectivity index (χ1n) is 5.72. The molecule has 104 valence electrons. The second-order valence-corrected chi connectivity index (χ2v) is 3.91. The first-order valence-corrected chi connectivity index (χ1v) is 5.72. The quantitative estimate of drug-likeness (QED) is 0.418. The van der Waals surface area contributed by atoms with Gasteiger partial charge in [-0.15, -0.1) is 0 Å². The Morgan fingerprint density at radius 2 is 2.10 bits per heavy atom. The number of nitrogens with one attached hydrogen (secondary N) is 1. The van der Waals surface area contributed by atoms with Crippen molar-refractivity contribution in [3.05, 3.63) is 53.5 Å². The molecule has 0 aliphatic rings. The Morgan fingerprint density at radius 3 is 2.80 bits per heavy atom. The van der Waals surface area contributed by atoms with Crippen molar-refractivity contribution in [3.8, 4) is 5.75 Å². The number of amides is 2. The molecule has 0 fully saturated rings. The van der Waals surface area contributed by atoms with E-state index in [0.717, 1.165) is 0 Å². The van der Waals surface area contributed by atoms with Crippen LogP contribution < -0.4 is 21.7 Å². The summed E-state index contributed by atoms with van der Waals surface area (Å²) < 4.78 is 10.6. The van der Waals surface area contributed by atoms with E-state index in [1.54, 1.807) is 18.2 Å². The summed E-state index contributed by atoms with van der Waals surface area (Å²) in [6.45, 7) is 0.0258. The van der Waals surface area contributed by atoms with Gasteiger partial charge in [-0.1, -0.05) is 6.07 Å². The fraction of sp³-hybridized carbons (Fsp3) is 0.0769. The smallest absolute Gasteiger partial charge is 0.268 e. The molecule has 5 N–H and O–H groups in total. The lowest BCUT2D eigenvalue weighted by Gasteiger charge is -2.06. The minimum atomic E-state index is -0.545. The molecule has 0 atom stereocenters. The molecule has 0 bridgehead atoms. The van der Waals surface area contributed by atoms with Gasteiger partial charge in [-0.05, 0) is 24.3 Å². The molecule has 0 spiro atoms. The maximum absolute atomic E-state index is 11.4. The van der Waals surface area contributed by atoms with Crippen molar-refractivity contribution in [2.75, 3.05) is 0 Å². The third-order valence-corrected chi connectivity index (χ3v) is 2.61. The molecule has 0 radical (unpaired) electrons. The van der Waals surface area contributed by atoms with Gasteiger partial charge in [0.2, 0.25) is 5.91 Å². The highest BCUT2D eigenvalue weighted by molar-refractivity contribution is 5.94. The lowest BCUT2D eigenvalue weighted by Crippen LogP contribution is -2.30. The molecule has 0 unspecified atom stereocenters. The number of nitrogen functional groups attached to an aromatic ring is 1. The van der Waals surface area contributed by atoms with Gasteiger partial charge < -0.3 is 14.9 Å². The molecular formula is C13H13N3O4. The Kier molecular flexibility index (Phi) is 4.02. The maximum Gasteiger partial charge on any atom is 0.268 e. The minimum Gasteiger partial charge on any atom is -0.486 e. The number of rotatable bonds is 5. The van der Waals surface area contributed by atoms with Crippen molar-refractivity contribution in [1.82, 2.24) is 5.43 Å². The fourth-order valence-electron chi connectivity index (χ4n) is 1.62. The molecule has 7 heteroatoms. The van der Waals surface area contributed by atoms with Crippen LogP contribution in [0.15, 0.2) is 41.0 Å². The zero-order valence-electron chi connectivity index (χ0n) is 10.5. The average molecular weight is 275 g/mol. The summed E-state index contributed by atoms with van der Waals surface area (Å²) in [7, 11) is 0. The Hall–Kier alpha value is -2.80. The van der Waals surface area contributed by atoms with Gasteiger partial charge >= 0.3 is 0 Å². The Balaban J connectivity index is 2.09. The lowest BCUT2D eigenvalue weighted by molar-refractivity contribution is 0.0948. The van der Waals surface area contributed by atoms with Gasteiger partial charge in [0.05, 0.1) is 11.8 Å². The summed E-state index contributed by atoms with van der Waals surface area (Å²) in [5.74, 6) is 4.82. The molecule has 20 heavy (non-hydrogen) atoms. The van der Waals surface area contributed by atoms with Crippen LogP contribution in [0.3, 0.4) is 0 Å². The predicted octanol–water partition coefficient (Wildman–Crippen LogP) is 0.561. The number of nitrogens with two attached hydrogens (primary N) is 2. The van der Waals surface area contributed by atoms with Crippen LogP contribution >= 0.6 is 0 Å². The third kappa shape index (κ3) is 2.96. The molecule has 0 aliphatic heterocycles. The Morgan fingerprint density at radius 1 is 1.30 bits per heavy atom. The van der Waals surface area contributed by atoms with E-state index in [2.05, 4.69) is 0 Å². The number of furan rings is 1. The molecule has 2 aromatic rings. The van der Waals surface area contributed by atoms with E-state index < -0.39 is 11.8 Å². The topological polar surface area (TPSA) is 121 Å². The monoisotopic (exact) mass is 275 g/mol. The number of carbonyl (C=O) groups is 2. The first kappa shape index (κ1) is 13.6. The number of primary amides is 1. The van der Waals surface area contributed by atoms with Crippen LogP contribution in [0.2, 0.25) is 0 Å². The molecule has 1 heterocycles. The van der Waals surface area contributed by atoms with E-state index >= 15 is 0 Å². The second kappa shape index (κ2) is 5.89. The van der Waals surface area contributed by atoms with Crippen LogP contribution in [-0.2, 0) is 6.61 Å². The van der Waals surface area contributed by atoms with Crippen LogP contribution in [0.1, 0.15) is 26.5 Å². The number of hydrogen-bond donors (Lipinski definition) is 3. The van der Waals surface area contributed by atoms with Crippen LogP contribution in [0.5, 0.6) is 5.75 Å².